The molecule has 0 fully saturated rings. The monoisotopic (exact) mass is 439 g/mol. The zero-order valence-electron chi connectivity index (χ0n) is 15.1. The van der Waals surface area contributed by atoms with Crippen molar-refractivity contribution in [2.45, 2.75) is 34.2 Å². The molecule has 0 saturated heterocycles. The number of anilines is 1. The topological polar surface area (TPSA) is 133 Å². The van der Waals surface area contributed by atoms with Gasteiger partial charge in [-0.3, -0.25) is 29.7 Å². The van der Waals surface area contributed by atoms with Gasteiger partial charge in [-0.15, -0.1) is 0 Å². The number of halogens is 1. The molecule has 0 aliphatic carbocycles. The van der Waals surface area contributed by atoms with E-state index < -0.39 is 33.0 Å². The molecular weight excluding hydrogens is 422 g/mol. The lowest BCUT2D eigenvalue weighted by Crippen LogP contribution is -2.25. The van der Waals surface area contributed by atoms with Crippen LogP contribution in [0, 0.1) is 46.9 Å². The summed E-state index contributed by atoms with van der Waals surface area (Å²) in [5, 5.41) is 29.1. The predicted octanol–water partition coefficient (Wildman–Crippen LogP) is 3.66. The molecule has 10 nitrogen and oxygen atoms in total. The Morgan fingerprint density at radius 3 is 2.15 bits per heavy atom. The maximum atomic E-state index is 12.5. The molecule has 1 aromatic carbocycles. The van der Waals surface area contributed by atoms with Gasteiger partial charge in [-0.2, -0.15) is 5.10 Å². The highest BCUT2D eigenvalue weighted by Crippen LogP contribution is 2.32. The van der Waals surface area contributed by atoms with Crippen LogP contribution in [0.3, 0.4) is 0 Å². The van der Waals surface area contributed by atoms with Gasteiger partial charge in [0.15, 0.2) is 0 Å². The zero-order valence-corrected chi connectivity index (χ0v) is 16.7. The second-order valence-corrected chi connectivity index (χ2v) is 7.00. The number of carbonyl (C=O) groups is 1. The molecule has 2 aromatic rings. The summed E-state index contributed by atoms with van der Waals surface area (Å²) in [5.41, 5.74) is 0.761. The lowest BCUT2D eigenvalue weighted by atomic mass is 10.1. The molecule has 0 spiro atoms. The summed E-state index contributed by atoms with van der Waals surface area (Å²) in [6.45, 7) is 6.96. The Bertz CT molecular complexity index is 905. The third kappa shape index (κ3) is 4.30. The number of aryl methyl sites for hydroxylation is 1. The van der Waals surface area contributed by atoms with Gasteiger partial charge in [-0.25, -0.2) is 0 Å². The quantitative estimate of drug-likeness (QED) is 0.538. The van der Waals surface area contributed by atoms with Crippen LogP contribution in [0.4, 0.5) is 17.1 Å². The standard InChI is InChI=1S/C16H18BrN5O5/c1-8(7-20-11(4)15(17)10(3)19-20)16(23)18-12-5-13(21(24)25)9(2)14(6-12)22(26)27/h5-6,8H,7H2,1-4H3,(H,18,23). The van der Waals surface area contributed by atoms with Crippen molar-refractivity contribution in [1.29, 1.82) is 0 Å². The van der Waals surface area contributed by atoms with E-state index in [0.717, 1.165) is 28.0 Å². The van der Waals surface area contributed by atoms with Crippen LogP contribution in [-0.2, 0) is 11.3 Å². The Labute approximate surface area is 163 Å². The number of carbonyl (C=O) groups excluding carboxylic acids is 1. The third-order valence-electron chi connectivity index (χ3n) is 4.20. The van der Waals surface area contributed by atoms with Crippen molar-refractivity contribution in [3.05, 3.63) is 53.8 Å². The number of nitro groups is 2. The largest absolute Gasteiger partial charge is 0.325 e. The summed E-state index contributed by atoms with van der Waals surface area (Å²) in [6.07, 6.45) is 0. The summed E-state index contributed by atoms with van der Waals surface area (Å²) >= 11 is 3.42. The fourth-order valence-electron chi connectivity index (χ4n) is 2.60. The van der Waals surface area contributed by atoms with E-state index in [2.05, 4.69) is 26.3 Å². The number of aromatic nitrogens is 2. The number of hydrogen-bond donors (Lipinski definition) is 1. The van der Waals surface area contributed by atoms with Crippen molar-refractivity contribution in [2.75, 3.05) is 5.32 Å². The van der Waals surface area contributed by atoms with E-state index in [1.54, 1.807) is 11.6 Å². The van der Waals surface area contributed by atoms with Gasteiger partial charge in [-0.05, 0) is 36.7 Å². The Hall–Kier alpha value is -2.82. The molecule has 1 amide bonds. The first-order valence-corrected chi connectivity index (χ1v) is 8.76. The van der Waals surface area contributed by atoms with Crippen molar-refractivity contribution in [3.63, 3.8) is 0 Å². The summed E-state index contributed by atoms with van der Waals surface area (Å²) in [6, 6.07) is 2.24. The van der Waals surface area contributed by atoms with Crippen LogP contribution in [-0.4, -0.2) is 25.5 Å². The molecule has 2 rings (SSSR count). The van der Waals surface area contributed by atoms with Crippen LogP contribution < -0.4 is 5.32 Å². The fraction of sp³-hybridized carbons (Fsp3) is 0.375. The van der Waals surface area contributed by atoms with Gasteiger partial charge < -0.3 is 5.32 Å². The molecule has 1 aromatic heterocycles. The molecule has 0 saturated carbocycles. The van der Waals surface area contributed by atoms with E-state index in [1.807, 2.05) is 13.8 Å². The molecule has 0 bridgehead atoms. The first kappa shape index (κ1) is 20.5. The summed E-state index contributed by atoms with van der Waals surface area (Å²) in [7, 11) is 0. The predicted molar refractivity (Wildman–Crippen MR) is 102 cm³/mol. The maximum absolute atomic E-state index is 12.5. The molecular formula is C16H18BrN5O5. The van der Waals surface area contributed by atoms with Crippen molar-refractivity contribution in [1.82, 2.24) is 9.78 Å². The minimum atomic E-state index is -0.713. The van der Waals surface area contributed by atoms with Gasteiger partial charge >= 0.3 is 0 Å². The average molecular weight is 440 g/mol. The zero-order chi connectivity index (χ0) is 20.5. The van der Waals surface area contributed by atoms with Crippen molar-refractivity contribution >= 4 is 38.9 Å². The Morgan fingerprint density at radius 1 is 1.22 bits per heavy atom. The molecule has 0 radical (unpaired) electrons. The number of rotatable bonds is 6. The number of benzene rings is 1. The molecule has 1 heterocycles. The smallest absolute Gasteiger partial charge is 0.281 e. The summed E-state index contributed by atoms with van der Waals surface area (Å²) < 4.78 is 2.55. The minimum Gasteiger partial charge on any atom is -0.325 e. The number of nitrogens with one attached hydrogen (secondary N) is 1. The highest BCUT2D eigenvalue weighted by atomic mass is 79.9. The van der Waals surface area contributed by atoms with Crippen LogP contribution in [0.25, 0.3) is 0 Å². The van der Waals surface area contributed by atoms with Gasteiger partial charge in [0.2, 0.25) is 5.91 Å². The lowest BCUT2D eigenvalue weighted by molar-refractivity contribution is -0.395. The van der Waals surface area contributed by atoms with E-state index in [1.165, 1.54) is 6.92 Å². The fourth-order valence-corrected chi connectivity index (χ4v) is 2.88. The minimum absolute atomic E-state index is 0.00500. The maximum Gasteiger partial charge on any atom is 0.281 e. The molecule has 1 atom stereocenters. The molecule has 0 aliphatic rings. The van der Waals surface area contributed by atoms with Gasteiger partial charge in [0.05, 0.1) is 38.2 Å². The SMILES string of the molecule is Cc1nn(CC(C)C(=O)Nc2cc([N+](=O)[O-])c(C)c([N+](=O)[O-])c2)c(C)c1Br. The van der Waals surface area contributed by atoms with Crippen molar-refractivity contribution in [2.24, 2.45) is 5.92 Å². The van der Waals surface area contributed by atoms with Crippen LogP contribution in [0.2, 0.25) is 0 Å². The molecule has 1 N–H and O–H groups in total. The Morgan fingerprint density at radius 2 is 1.74 bits per heavy atom. The van der Waals surface area contributed by atoms with Gasteiger partial charge in [0.1, 0.15) is 5.56 Å². The van der Waals surface area contributed by atoms with E-state index >= 15 is 0 Å². The molecule has 144 valence electrons. The van der Waals surface area contributed by atoms with Crippen molar-refractivity contribution in [3.8, 4) is 0 Å². The summed E-state index contributed by atoms with van der Waals surface area (Å²) in [5.74, 6) is -0.944. The summed E-state index contributed by atoms with van der Waals surface area (Å²) in [4.78, 5) is 33.3. The first-order chi connectivity index (χ1) is 12.5. The van der Waals surface area contributed by atoms with Crippen LogP contribution >= 0.6 is 15.9 Å². The van der Waals surface area contributed by atoms with E-state index in [4.69, 9.17) is 0 Å². The van der Waals surface area contributed by atoms with Crippen LogP contribution in [0.15, 0.2) is 16.6 Å². The number of hydrogen-bond acceptors (Lipinski definition) is 6. The Kier molecular flexibility index (Phi) is 5.94. The number of amides is 1. The van der Waals surface area contributed by atoms with Crippen molar-refractivity contribution < 1.29 is 14.6 Å². The first-order valence-electron chi connectivity index (χ1n) is 7.96. The Balaban J connectivity index is 2.25. The normalized spacial score (nSPS) is 11.9. The highest BCUT2D eigenvalue weighted by molar-refractivity contribution is 9.10. The van der Waals surface area contributed by atoms with Crippen LogP contribution in [0.1, 0.15) is 23.9 Å². The van der Waals surface area contributed by atoms with E-state index in [-0.39, 0.29) is 11.3 Å². The third-order valence-corrected chi connectivity index (χ3v) is 5.35. The lowest BCUT2D eigenvalue weighted by Gasteiger charge is -2.14. The van der Waals surface area contributed by atoms with E-state index in [0.29, 0.717) is 6.54 Å². The molecule has 27 heavy (non-hydrogen) atoms. The number of nitrogens with zero attached hydrogens (tertiary/aromatic N) is 4. The molecule has 1 unspecified atom stereocenters. The molecule has 0 aliphatic heterocycles. The number of nitro benzene ring substituents is 2. The van der Waals surface area contributed by atoms with Gasteiger partial charge in [0, 0.05) is 17.8 Å². The average Bonchev–Trinajstić information content (AvgIpc) is 2.82. The highest BCUT2D eigenvalue weighted by Gasteiger charge is 2.25. The van der Waals surface area contributed by atoms with Gasteiger partial charge in [-0.1, -0.05) is 6.92 Å². The van der Waals surface area contributed by atoms with E-state index in [9.17, 15) is 25.0 Å². The molecule has 11 heteroatoms. The second-order valence-electron chi connectivity index (χ2n) is 6.21. The van der Waals surface area contributed by atoms with Crippen LogP contribution in [0.5, 0.6) is 0 Å². The second kappa shape index (κ2) is 7.82. The van der Waals surface area contributed by atoms with Gasteiger partial charge in [0.25, 0.3) is 11.4 Å².